The Labute approximate surface area is 98.8 Å². The molecule has 5 heteroatoms. The number of hydrogen-bond donors (Lipinski definition) is 1. The van der Waals surface area contributed by atoms with E-state index in [1.54, 1.807) is 0 Å². The predicted molar refractivity (Wildman–Crippen MR) is 61.2 cm³/mol. The van der Waals surface area contributed by atoms with Crippen molar-refractivity contribution in [2.45, 2.75) is 31.9 Å². The molecule has 1 fully saturated rings. The van der Waals surface area contributed by atoms with Crippen LogP contribution in [0.3, 0.4) is 0 Å². The van der Waals surface area contributed by atoms with Crippen molar-refractivity contribution in [3.8, 4) is 0 Å². The molecule has 1 heterocycles. The summed E-state index contributed by atoms with van der Waals surface area (Å²) in [5.41, 5.74) is -0.207. The number of ether oxygens (including phenoxy) is 2. The molecule has 1 saturated heterocycles. The quantitative estimate of drug-likeness (QED) is 0.784. The molecule has 0 saturated carbocycles. The smallest absolute Gasteiger partial charge is 0.251 e. The van der Waals surface area contributed by atoms with Gasteiger partial charge >= 0.3 is 0 Å². The third-order valence-electron chi connectivity index (χ3n) is 2.29. The first kappa shape index (κ1) is 12.9. The second kappa shape index (κ2) is 5.82. The van der Waals surface area contributed by atoms with Gasteiger partial charge in [0.25, 0.3) is 5.91 Å². The van der Waals surface area contributed by atoms with Crippen molar-refractivity contribution in [2.75, 3.05) is 25.2 Å². The molecule has 88 valence electrons. The summed E-state index contributed by atoms with van der Waals surface area (Å²) in [5, 5.41) is 3.82. The molecule has 0 spiro atoms. The molecule has 0 aromatic rings. The molecule has 1 atom stereocenters. The van der Waals surface area contributed by atoms with Gasteiger partial charge in [-0.25, -0.2) is 0 Å². The van der Waals surface area contributed by atoms with Gasteiger partial charge in [0.05, 0.1) is 19.8 Å². The fourth-order valence-electron chi connectivity index (χ4n) is 1.35. The molecule has 0 aliphatic carbocycles. The number of hydrogen-bond acceptors (Lipinski definition) is 3. The second-order valence-electron chi connectivity index (χ2n) is 4.25. The Morgan fingerprint density at radius 3 is 2.80 bits per heavy atom. The average molecular weight is 280 g/mol. The van der Waals surface area contributed by atoms with Gasteiger partial charge < -0.3 is 14.8 Å². The number of amides is 1. The van der Waals surface area contributed by atoms with Crippen LogP contribution in [0, 0.1) is 0 Å². The number of nitrogens with one attached hydrogen (secondary N) is 1. The maximum Gasteiger partial charge on any atom is 0.251 e. The molecule has 1 aliphatic rings. The van der Waals surface area contributed by atoms with Gasteiger partial charge in [0, 0.05) is 10.9 Å². The Balaban J connectivity index is 2.39. The largest absolute Gasteiger partial charge is 0.376 e. The summed E-state index contributed by atoms with van der Waals surface area (Å²) in [6, 6.07) is 0. The molecule has 4 nitrogen and oxygen atoms in total. The summed E-state index contributed by atoms with van der Waals surface area (Å²) >= 11 is 3.36. The van der Waals surface area contributed by atoms with Crippen LogP contribution in [0.2, 0.25) is 0 Å². The molecule has 0 bridgehead atoms. The van der Waals surface area contributed by atoms with Crippen molar-refractivity contribution in [3.63, 3.8) is 0 Å². The highest BCUT2D eigenvalue weighted by molar-refractivity contribution is 9.09. The van der Waals surface area contributed by atoms with E-state index < -0.39 is 6.10 Å². The Morgan fingerprint density at radius 2 is 2.27 bits per heavy atom. The van der Waals surface area contributed by atoms with Crippen LogP contribution in [0.5, 0.6) is 0 Å². The van der Waals surface area contributed by atoms with Crippen LogP contribution in [-0.2, 0) is 14.3 Å². The van der Waals surface area contributed by atoms with E-state index in [1.165, 1.54) is 0 Å². The van der Waals surface area contributed by atoms with Gasteiger partial charge in [0.15, 0.2) is 6.10 Å². The number of halogens is 1. The molecule has 1 amide bonds. The minimum atomic E-state index is -0.451. The van der Waals surface area contributed by atoms with Gasteiger partial charge in [0.2, 0.25) is 0 Å². The van der Waals surface area contributed by atoms with Crippen LogP contribution >= 0.6 is 15.9 Å². The number of alkyl halides is 1. The van der Waals surface area contributed by atoms with Gasteiger partial charge in [0.1, 0.15) is 0 Å². The number of rotatable bonds is 4. The van der Waals surface area contributed by atoms with Crippen molar-refractivity contribution in [1.82, 2.24) is 5.32 Å². The Bertz CT molecular complexity index is 215. The number of carbonyl (C=O) groups is 1. The van der Waals surface area contributed by atoms with Crippen molar-refractivity contribution >= 4 is 21.8 Å². The molecule has 0 aromatic carbocycles. The van der Waals surface area contributed by atoms with Gasteiger partial charge in [-0.05, 0) is 20.3 Å². The monoisotopic (exact) mass is 279 g/mol. The minimum Gasteiger partial charge on any atom is -0.376 e. The number of carbonyl (C=O) groups excluding carboxylic acids is 1. The van der Waals surface area contributed by atoms with Crippen molar-refractivity contribution in [2.24, 2.45) is 0 Å². The van der Waals surface area contributed by atoms with Crippen LogP contribution in [0.4, 0.5) is 0 Å². The third kappa shape index (κ3) is 4.49. The molecular formula is C10H18BrNO3. The SMILES string of the molecule is CC(C)(CCBr)NC(=O)C1COCCO1. The highest BCUT2D eigenvalue weighted by atomic mass is 79.9. The van der Waals surface area contributed by atoms with E-state index in [4.69, 9.17) is 9.47 Å². The van der Waals surface area contributed by atoms with E-state index in [2.05, 4.69) is 21.2 Å². The normalized spacial score (nSPS) is 22.5. The molecular weight excluding hydrogens is 262 g/mol. The zero-order valence-electron chi connectivity index (χ0n) is 9.22. The van der Waals surface area contributed by atoms with E-state index in [0.717, 1.165) is 11.8 Å². The summed E-state index contributed by atoms with van der Waals surface area (Å²) in [7, 11) is 0. The molecule has 1 aliphatic heterocycles. The van der Waals surface area contributed by atoms with Crippen LogP contribution in [0.15, 0.2) is 0 Å². The molecule has 15 heavy (non-hydrogen) atoms. The summed E-state index contributed by atoms with van der Waals surface area (Å²) in [4.78, 5) is 11.8. The lowest BCUT2D eigenvalue weighted by Crippen LogP contribution is -2.51. The molecule has 1 rings (SSSR count). The zero-order valence-corrected chi connectivity index (χ0v) is 10.8. The maximum atomic E-state index is 11.8. The van der Waals surface area contributed by atoms with E-state index in [1.807, 2.05) is 13.8 Å². The van der Waals surface area contributed by atoms with Gasteiger partial charge in [-0.2, -0.15) is 0 Å². The summed E-state index contributed by atoms with van der Waals surface area (Å²) in [5.74, 6) is -0.0827. The van der Waals surface area contributed by atoms with Crippen molar-refractivity contribution < 1.29 is 14.3 Å². The molecule has 0 aromatic heterocycles. The van der Waals surface area contributed by atoms with Crippen LogP contribution in [0.1, 0.15) is 20.3 Å². The highest BCUT2D eigenvalue weighted by Gasteiger charge is 2.27. The lowest BCUT2D eigenvalue weighted by molar-refractivity contribution is -0.149. The Kier molecular flexibility index (Phi) is 5.02. The first-order chi connectivity index (χ1) is 7.05. The van der Waals surface area contributed by atoms with Crippen LogP contribution in [0.25, 0.3) is 0 Å². The van der Waals surface area contributed by atoms with Gasteiger partial charge in [-0.1, -0.05) is 15.9 Å². The first-order valence-electron chi connectivity index (χ1n) is 5.12. The lowest BCUT2D eigenvalue weighted by Gasteiger charge is -2.29. The second-order valence-corrected chi connectivity index (χ2v) is 5.04. The predicted octanol–water partition coefficient (Wildman–Crippen LogP) is 1.08. The van der Waals surface area contributed by atoms with E-state index in [-0.39, 0.29) is 11.4 Å². The zero-order chi connectivity index (χ0) is 11.3. The van der Waals surface area contributed by atoms with Gasteiger partial charge in [-0.15, -0.1) is 0 Å². The third-order valence-corrected chi connectivity index (χ3v) is 2.69. The summed E-state index contributed by atoms with van der Waals surface area (Å²) < 4.78 is 10.5. The average Bonchev–Trinajstić information content (AvgIpc) is 2.18. The molecule has 0 radical (unpaired) electrons. The first-order valence-corrected chi connectivity index (χ1v) is 6.25. The van der Waals surface area contributed by atoms with E-state index in [0.29, 0.717) is 19.8 Å². The maximum absolute atomic E-state index is 11.8. The van der Waals surface area contributed by atoms with E-state index in [9.17, 15) is 4.79 Å². The fraction of sp³-hybridized carbons (Fsp3) is 0.900. The lowest BCUT2D eigenvalue weighted by atomic mass is 10.0. The minimum absolute atomic E-state index is 0.0827. The summed E-state index contributed by atoms with van der Waals surface area (Å²) in [6.07, 6.45) is 0.431. The van der Waals surface area contributed by atoms with Crippen LogP contribution in [-0.4, -0.2) is 42.7 Å². The highest BCUT2D eigenvalue weighted by Crippen LogP contribution is 2.11. The molecule has 1 unspecified atom stereocenters. The topological polar surface area (TPSA) is 47.6 Å². The van der Waals surface area contributed by atoms with Crippen molar-refractivity contribution in [3.05, 3.63) is 0 Å². The summed E-state index contributed by atoms with van der Waals surface area (Å²) in [6.45, 7) is 5.42. The molecule has 1 N–H and O–H groups in total. The van der Waals surface area contributed by atoms with Crippen LogP contribution < -0.4 is 5.32 Å². The standard InChI is InChI=1S/C10H18BrNO3/c1-10(2,3-4-11)12-9(13)8-7-14-5-6-15-8/h8H,3-7H2,1-2H3,(H,12,13). The Morgan fingerprint density at radius 1 is 1.53 bits per heavy atom. The van der Waals surface area contributed by atoms with Crippen molar-refractivity contribution in [1.29, 1.82) is 0 Å². The fourth-order valence-corrected chi connectivity index (χ4v) is 2.34. The Hall–Kier alpha value is -0.130. The van der Waals surface area contributed by atoms with Gasteiger partial charge in [-0.3, -0.25) is 4.79 Å². The van der Waals surface area contributed by atoms with E-state index >= 15 is 0 Å².